The topological polar surface area (TPSA) is 3.24 Å². The lowest BCUT2D eigenvalue weighted by atomic mass is 9.67. The standard InChI is InChI=1S/C58H45N/c1-57(2)52-35-29-43(36-50(52)56-47(41-14-7-5-8-15-41)33-28-42-16-13-21-53(57)55(42)56)40-24-22-38(23-25-40)39-26-30-45(31-27-39)59(44-17-9-6-10-18-44)46-32-34-49-48-19-11-12-20-51(48)58(3,4)54(49)37-46/h5-37H,1-4H3. The van der Waals surface area contributed by atoms with Crippen molar-refractivity contribution < 1.29 is 0 Å². The van der Waals surface area contributed by atoms with Crippen LogP contribution >= 0.6 is 0 Å². The van der Waals surface area contributed by atoms with Crippen LogP contribution in [0.1, 0.15) is 49.9 Å². The van der Waals surface area contributed by atoms with Gasteiger partial charge in [0.2, 0.25) is 0 Å². The van der Waals surface area contributed by atoms with E-state index < -0.39 is 0 Å². The Hall–Kier alpha value is -6.96. The van der Waals surface area contributed by atoms with Crippen LogP contribution in [-0.2, 0) is 10.8 Å². The molecule has 0 radical (unpaired) electrons. The van der Waals surface area contributed by atoms with Gasteiger partial charge in [-0.25, -0.2) is 0 Å². The molecule has 9 aromatic rings. The van der Waals surface area contributed by atoms with E-state index in [1.807, 2.05) is 0 Å². The van der Waals surface area contributed by atoms with E-state index in [1.165, 1.54) is 88.7 Å². The number of benzene rings is 9. The zero-order valence-corrected chi connectivity index (χ0v) is 34.0. The molecule has 2 aliphatic carbocycles. The van der Waals surface area contributed by atoms with Crippen LogP contribution in [0.2, 0.25) is 0 Å². The summed E-state index contributed by atoms with van der Waals surface area (Å²) < 4.78 is 0. The lowest BCUT2D eigenvalue weighted by Gasteiger charge is -2.36. The number of anilines is 3. The van der Waals surface area contributed by atoms with Crippen LogP contribution in [0, 0.1) is 0 Å². The van der Waals surface area contributed by atoms with Crippen molar-refractivity contribution in [1.29, 1.82) is 0 Å². The summed E-state index contributed by atoms with van der Waals surface area (Å²) in [6.45, 7) is 9.45. The highest BCUT2D eigenvalue weighted by Crippen LogP contribution is 2.53. The quantitative estimate of drug-likeness (QED) is 0.163. The number of para-hydroxylation sites is 1. The van der Waals surface area contributed by atoms with Crippen LogP contribution in [0.3, 0.4) is 0 Å². The van der Waals surface area contributed by atoms with E-state index in [1.54, 1.807) is 0 Å². The average molecular weight is 756 g/mol. The van der Waals surface area contributed by atoms with Crippen LogP contribution in [0.5, 0.6) is 0 Å². The monoisotopic (exact) mass is 755 g/mol. The van der Waals surface area contributed by atoms with Gasteiger partial charge in [0.1, 0.15) is 0 Å². The smallest absolute Gasteiger partial charge is 0.0465 e. The molecule has 0 spiro atoms. The summed E-state index contributed by atoms with van der Waals surface area (Å²) in [5.74, 6) is 0. The SMILES string of the molecule is CC1(C)c2ccccc2-c2ccc(N(c3ccccc3)c3ccc(-c4ccc(-c5ccc6c(c5)-c5c(-c7ccccc7)ccc7cccc(c57)C6(C)C)cc4)cc3)cc21. The van der Waals surface area contributed by atoms with Gasteiger partial charge in [-0.15, -0.1) is 0 Å². The summed E-state index contributed by atoms with van der Waals surface area (Å²) in [7, 11) is 0. The molecule has 0 unspecified atom stereocenters. The van der Waals surface area contributed by atoms with E-state index in [9.17, 15) is 0 Å². The summed E-state index contributed by atoms with van der Waals surface area (Å²) in [6.07, 6.45) is 0. The summed E-state index contributed by atoms with van der Waals surface area (Å²) >= 11 is 0. The van der Waals surface area contributed by atoms with E-state index in [4.69, 9.17) is 0 Å². The summed E-state index contributed by atoms with van der Waals surface area (Å²) in [6, 6.07) is 74.1. The fourth-order valence-corrected chi connectivity index (χ4v) is 10.2. The van der Waals surface area contributed by atoms with E-state index in [2.05, 4.69) is 233 Å². The van der Waals surface area contributed by atoms with Gasteiger partial charge in [0.15, 0.2) is 0 Å². The van der Waals surface area contributed by atoms with Crippen LogP contribution in [0.15, 0.2) is 200 Å². The predicted molar refractivity (Wildman–Crippen MR) is 250 cm³/mol. The lowest BCUT2D eigenvalue weighted by Crippen LogP contribution is -2.24. The van der Waals surface area contributed by atoms with Gasteiger partial charge in [0, 0.05) is 27.9 Å². The van der Waals surface area contributed by atoms with Gasteiger partial charge in [-0.3, -0.25) is 0 Å². The van der Waals surface area contributed by atoms with Gasteiger partial charge < -0.3 is 4.90 Å². The maximum Gasteiger partial charge on any atom is 0.0465 e. The van der Waals surface area contributed by atoms with Gasteiger partial charge in [0.25, 0.3) is 0 Å². The minimum absolute atomic E-state index is 0.0689. The Kier molecular flexibility index (Phi) is 7.94. The fraction of sp³-hybridized carbons (Fsp3) is 0.103. The molecule has 9 aromatic carbocycles. The van der Waals surface area contributed by atoms with Crippen molar-refractivity contribution in [3.05, 3.63) is 222 Å². The van der Waals surface area contributed by atoms with Crippen molar-refractivity contribution in [3.8, 4) is 55.6 Å². The molecule has 2 aliphatic rings. The van der Waals surface area contributed by atoms with Crippen LogP contribution in [0.25, 0.3) is 66.4 Å². The first-order valence-electron chi connectivity index (χ1n) is 20.8. The number of rotatable bonds is 6. The molecule has 59 heavy (non-hydrogen) atoms. The third-order valence-electron chi connectivity index (χ3n) is 13.3. The minimum atomic E-state index is -0.120. The molecule has 11 rings (SSSR count). The average Bonchev–Trinajstić information content (AvgIpc) is 3.51. The Bertz CT molecular complexity index is 3060. The highest BCUT2D eigenvalue weighted by atomic mass is 15.1. The predicted octanol–water partition coefficient (Wildman–Crippen LogP) is 15.9. The van der Waals surface area contributed by atoms with Gasteiger partial charge in [-0.2, -0.15) is 0 Å². The number of hydrogen-bond acceptors (Lipinski definition) is 1. The van der Waals surface area contributed by atoms with Crippen molar-refractivity contribution in [2.45, 2.75) is 38.5 Å². The molecule has 0 atom stereocenters. The van der Waals surface area contributed by atoms with Crippen molar-refractivity contribution in [2.75, 3.05) is 4.90 Å². The first kappa shape index (κ1) is 35.2. The molecule has 1 nitrogen and oxygen atoms in total. The molecule has 0 aromatic heterocycles. The first-order valence-corrected chi connectivity index (χ1v) is 20.8. The second kappa shape index (κ2) is 13.3. The molecule has 0 saturated heterocycles. The normalized spacial score (nSPS) is 14.0. The van der Waals surface area contributed by atoms with Crippen LogP contribution in [-0.4, -0.2) is 0 Å². The first-order chi connectivity index (χ1) is 28.8. The molecule has 0 bridgehead atoms. The van der Waals surface area contributed by atoms with Crippen molar-refractivity contribution in [1.82, 2.24) is 0 Å². The van der Waals surface area contributed by atoms with E-state index >= 15 is 0 Å². The summed E-state index contributed by atoms with van der Waals surface area (Å²) in [5, 5.41) is 2.67. The second-order valence-corrected chi connectivity index (χ2v) is 17.3. The number of hydrogen-bond donors (Lipinski definition) is 0. The third kappa shape index (κ3) is 5.53. The summed E-state index contributed by atoms with van der Waals surface area (Å²) in [4.78, 5) is 2.38. The Balaban J connectivity index is 0.940. The maximum atomic E-state index is 2.44. The molecule has 1 heteroatoms. The third-order valence-corrected chi connectivity index (χ3v) is 13.3. The Labute approximate surface area is 347 Å². The minimum Gasteiger partial charge on any atom is -0.310 e. The van der Waals surface area contributed by atoms with E-state index in [0.29, 0.717) is 0 Å². The molecule has 0 N–H and O–H groups in total. The largest absolute Gasteiger partial charge is 0.310 e. The van der Waals surface area contributed by atoms with Gasteiger partial charge >= 0.3 is 0 Å². The van der Waals surface area contributed by atoms with Crippen molar-refractivity contribution in [2.24, 2.45) is 0 Å². The molecule has 0 heterocycles. The number of fused-ring (bicyclic) bond motifs is 5. The van der Waals surface area contributed by atoms with Crippen molar-refractivity contribution >= 4 is 27.8 Å². The Morgan fingerprint density at radius 2 is 0.831 bits per heavy atom. The number of nitrogens with zero attached hydrogens (tertiary/aromatic N) is 1. The molecule has 0 saturated carbocycles. The van der Waals surface area contributed by atoms with Crippen LogP contribution in [0.4, 0.5) is 17.1 Å². The van der Waals surface area contributed by atoms with Crippen LogP contribution < -0.4 is 4.90 Å². The maximum absolute atomic E-state index is 2.44. The molecule has 282 valence electrons. The Morgan fingerprint density at radius 3 is 1.58 bits per heavy atom. The molecule has 0 fully saturated rings. The molecular weight excluding hydrogens is 711 g/mol. The van der Waals surface area contributed by atoms with E-state index in [0.717, 1.165) is 17.1 Å². The zero-order chi connectivity index (χ0) is 39.9. The van der Waals surface area contributed by atoms with Gasteiger partial charge in [0.05, 0.1) is 0 Å². The van der Waals surface area contributed by atoms with Crippen molar-refractivity contribution in [3.63, 3.8) is 0 Å². The highest BCUT2D eigenvalue weighted by Gasteiger charge is 2.36. The highest BCUT2D eigenvalue weighted by molar-refractivity contribution is 6.09. The van der Waals surface area contributed by atoms with Gasteiger partial charge in [-0.1, -0.05) is 185 Å². The zero-order valence-electron chi connectivity index (χ0n) is 34.0. The molecule has 0 aliphatic heterocycles. The lowest BCUT2D eigenvalue weighted by molar-refractivity contribution is 0.645. The molecule has 0 amide bonds. The molecular formula is C58H45N. The Morgan fingerprint density at radius 1 is 0.305 bits per heavy atom. The van der Waals surface area contributed by atoms with Gasteiger partial charge in [-0.05, 0) is 131 Å². The summed E-state index contributed by atoms with van der Waals surface area (Å²) in [5.41, 5.74) is 21.5. The fourth-order valence-electron chi connectivity index (χ4n) is 10.2. The van der Waals surface area contributed by atoms with E-state index in [-0.39, 0.29) is 10.8 Å². The second-order valence-electron chi connectivity index (χ2n) is 17.3.